The van der Waals surface area contributed by atoms with E-state index < -0.39 is 18.4 Å². The molecule has 2 nitrogen and oxygen atoms in total. The summed E-state index contributed by atoms with van der Waals surface area (Å²) in [4.78, 5) is 0. The zero-order chi connectivity index (χ0) is 12.2. The fourth-order valence-corrected chi connectivity index (χ4v) is 1.20. The molecule has 3 N–H and O–H groups in total. The lowest BCUT2D eigenvalue weighted by molar-refractivity contribution is -0.134. The molecule has 1 rings (SSSR count). The van der Waals surface area contributed by atoms with Crippen LogP contribution in [-0.4, -0.2) is 12.7 Å². The number of hydrogen-bond donors (Lipinski definition) is 2. The average Bonchev–Trinajstić information content (AvgIpc) is 2.17. The molecular formula is C10H12F4N2. The Kier molecular flexibility index (Phi) is 3.98. The standard InChI is InChI=1S/C10H12F4N2/c11-7-3-1-4-8(9(7)15)16-6-2-5-10(12,13)14/h1,3-4,16H,2,5-6,15H2. The lowest BCUT2D eigenvalue weighted by Crippen LogP contribution is -2.11. The van der Waals surface area contributed by atoms with Gasteiger partial charge in [0.15, 0.2) is 0 Å². The molecule has 1 aromatic carbocycles. The van der Waals surface area contributed by atoms with E-state index >= 15 is 0 Å². The maximum absolute atomic E-state index is 12.9. The van der Waals surface area contributed by atoms with Crippen LogP contribution in [0, 0.1) is 5.82 Å². The summed E-state index contributed by atoms with van der Waals surface area (Å²) in [6, 6.07) is 4.15. The Morgan fingerprint density at radius 1 is 1.25 bits per heavy atom. The lowest BCUT2D eigenvalue weighted by atomic mass is 10.2. The van der Waals surface area contributed by atoms with Gasteiger partial charge in [-0.05, 0) is 18.6 Å². The van der Waals surface area contributed by atoms with Crippen molar-refractivity contribution in [2.45, 2.75) is 19.0 Å². The van der Waals surface area contributed by atoms with Crippen molar-refractivity contribution in [3.05, 3.63) is 24.0 Å². The number of anilines is 2. The molecule has 0 saturated heterocycles. The zero-order valence-electron chi connectivity index (χ0n) is 8.44. The highest BCUT2D eigenvalue weighted by molar-refractivity contribution is 5.66. The summed E-state index contributed by atoms with van der Waals surface area (Å²) < 4.78 is 48.4. The van der Waals surface area contributed by atoms with Gasteiger partial charge in [-0.15, -0.1) is 0 Å². The highest BCUT2D eigenvalue weighted by atomic mass is 19.4. The van der Waals surface area contributed by atoms with Crippen molar-refractivity contribution in [2.24, 2.45) is 0 Å². The van der Waals surface area contributed by atoms with E-state index in [4.69, 9.17) is 5.73 Å². The SMILES string of the molecule is Nc1c(F)cccc1NCCCC(F)(F)F. The molecule has 0 saturated carbocycles. The van der Waals surface area contributed by atoms with Crippen LogP contribution in [-0.2, 0) is 0 Å². The van der Waals surface area contributed by atoms with Crippen molar-refractivity contribution >= 4 is 11.4 Å². The van der Waals surface area contributed by atoms with E-state index in [1.54, 1.807) is 0 Å². The van der Waals surface area contributed by atoms with Crippen molar-refractivity contribution in [2.75, 3.05) is 17.6 Å². The van der Waals surface area contributed by atoms with Crippen LogP contribution >= 0.6 is 0 Å². The van der Waals surface area contributed by atoms with Gasteiger partial charge in [-0.3, -0.25) is 0 Å². The third-order valence-corrected chi connectivity index (χ3v) is 2.01. The normalized spacial score (nSPS) is 11.5. The maximum atomic E-state index is 12.9. The topological polar surface area (TPSA) is 38.0 Å². The van der Waals surface area contributed by atoms with Gasteiger partial charge in [0.25, 0.3) is 0 Å². The Hall–Kier alpha value is -1.46. The first-order valence-electron chi connectivity index (χ1n) is 4.75. The fraction of sp³-hybridized carbons (Fsp3) is 0.400. The third-order valence-electron chi connectivity index (χ3n) is 2.01. The van der Waals surface area contributed by atoms with E-state index in [2.05, 4.69) is 5.32 Å². The summed E-state index contributed by atoms with van der Waals surface area (Å²) >= 11 is 0. The maximum Gasteiger partial charge on any atom is 0.389 e. The van der Waals surface area contributed by atoms with Crippen molar-refractivity contribution in [1.82, 2.24) is 0 Å². The summed E-state index contributed by atoms with van der Waals surface area (Å²) in [7, 11) is 0. The van der Waals surface area contributed by atoms with E-state index in [0.29, 0.717) is 5.69 Å². The van der Waals surface area contributed by atoms with Crippen molar-refractivity contribution in [1.29, 1.82) is 0 Å². The lowest BCUT2D eigenvalue weighted by Gasteiger charge is -2.10. The molecule has 0 aliphatic heterocycles. The Morgan fingerprint density at radius 3 is 2.56 bits per heavy atom. The minimum atomic E-state index is -4.16. The number of benzene rings is 1. The molecule has 0 heterocycles. The number of nitrogens with two attached hydrogens (primary N) is 1. The minimum absolute atomic E-state index is 0.0700. The molecule has 90 valence electrons. The molecule has 0 aliphatic carbocycles. The first kappa shape index (κ1) is 12.6. The van der Waals surface area contributed by atoms with Crippen LogP contribution in [0.15, 0.2) is 18.2 Å². The second-order valence-corrected chi connectivity index (χ2v) is 3.35. The number of rotatable bonds is 4. The highest BCUT2D eigenvalue weighted by Crippen LogP contribution is 2.23. The predicted octanol–water partition coefficient (Wildman–Crippen LogP) is 3.16. The van der Waals surface area contributed by atoms with E-state index in [9.17, 15) is 17.6 Å². The third kappa shape index (κ3) is 3.96. The molecule has 0 radical (unpaired) electrons. The first-order valence-corrected chi connectivity index (χ1v) is 4.75. The molecule has 0 amide bonds. The minimum Gasteiger partial charge on any atom is -0.395 e. The molecule has 0 fully saturated rings. The van der Waals surface area contributed by atoms with E-state index in [1.807, 2.05) is 0 Å². The van der Waals surface area contributed by atoms with Gasteiger partial charge >= 0.3 is 6.18 Å². The number of alkyl halides is 3. The van der Waals surface area contributed by atoms with Gasteiger partial charge < -0.3 is 11.1 Å². The van der Waals surface area contributed by atoms with Crippen LogP contribution < -0.4 is 11.1 Å². The van der Waals surface area contributed by atoms with Crippen molar-refractivity contribution in [3.63, 3.8) is 0 Å². The molecule has 0 aromatic heterocycles. The van der Waals surface area contributed by atoms with Crippen LogP contribution in [0.25, 0.3) is 0 Å². The average molecular weight is 236 g/mol. The molecule has 0 spiro atoms. The number of para-hydroxylation sites is 1. The van der Waals surface area contributed by atoms with E-state index in [0.717, 1.165) is 0 Å². The smallest absolute Gasteiger partial charge is 0.389 e. The second kappa shape index (κ2) is 5.05. The number of nitrogens with one attached hydrogen (secondary N) is 1. The largest absolute Gasteiger partial charge is 0.395 e. The Bertz CT molecular complexity index is 349. The van der Waals surface area contributed by atoms with Gasteiger partial charge in [0.05, 0.1) is 11.4 Å². The number of halogens is 4. The quantitative estimate of drug-likeness (QED) is 0.478. The summed E-state index contributed by atoms with van der Waals surface area (Å²) in [5, 5.41) is 2.66. The molecule has 0 unspecified atom stereocenters. The molecule has 16 heavy (non-hydrogen) atoms. The predicted molar refractivity (Wildman–Crippen MR) is 54.6 cm³/mol. The van der Waals surface area contributed by atoms with Gasteiger partial charge in [0, 0.05) is 13.0 Å². The molecule has 0 atom stereocenters. The fourth-order valence-electron chi connectivity index (χ4n) is 1.20. The summed E-state index contributed by atoms with van der Waals surface area (Å²) in [6.45, 7) is 0.104. The summed E-state index contributed by atoms with van der Waals surface area (Å²) in [5.41, 5.74) is 5.64. The van der Waals surface area contributed by atoms with E-state index in [-0.39, 0.29) is 18.7 Å². The van der Waals surface area contributed by atoms with Crippen LogP contribution in [0.4, 0.5) is 28.9 Å². The van der Waals surface area contributed by atoms with Crippen LogP contribution in [0.3, 0.4) is 0 Å². The van der Waals surface area contributed by atoms with Crippen LogP contribution in [0.1, 0.15) is 12.8 Å². The monoisotopic (exact) mass is 236 g/mol. The second-order valence-electron chi connectivity index (χ2n) is 3.35. The summed E-state index contributed by atoms with van der Waals surface area (Å²) in [6.07, 6.45) is -5.09. The zero-order valence-corrected chi connectivity index (χ0v) is 8.44. The molecule has 0 aliphatic rings. The van der Waals surface area contributed by atoms with Crippen LogP contribution in [0.2, 0.25) is 0 Å². The highest BCUT2D eigenvalue weighted by Gasteiger charge is 2.25. The van der Waals surface area contributed by atoms with Crippen LogP contribution in [0.5, 0.6) is 0 Å². The van der Waals surface area contributed by atoms with E-state index in [1.165, 1.54) is 18.2 Å². The number of nitrogen functional groups attached to an aromatic ring is 1. The van der Waals surface area contributed by atoms with Crippen molar-refractivity contribution < 1.29 is 17.6 Å². The van der Waals surface area contributed by atoms with Gasteiger partial charge in [0.2, 0.25) is 0 Å². The Labute approximate surface area is 90.4 Å². The van der Waals surface area contributed by atoms with Gasteiger partial charge in [-0.2, -0.15) is 13.2 Å². The van der Waals surface area contributed by atoms with Gasteiger partial charge in [-0.1, -0.05) is 6.07 Å². The van der Waals surface area contributed by atoms with Gasteiger partial charge in [-0.25, -0.2) is 4.39 Å². The Morgan fingerprint density at radius 2 is 1.94 bits per heavy atom. The summed E-state index contributed by atoms with van der Waals surface area (Å²) in [5.74, 6) is -0.583. The first-order chi connectivity index (χ1) is 7.40. The Balaban J connectivity index is 2.41. The molecule has 1 aromatic rings. The number of hydrogen-bond acceptors (Lipinski definition) is 2. The molecule has 6 heteroatoms. The molecule has 0 bridgehead atoms. The van der Waals surface area contributed by atoms with Gasteiger partial charge in [0.1, 0.15) is 5.82 Å². The van der Waals surface area contributed by atoms with Crippen molar-refractivity contribution in [3.8, 4) is 0 Å². The molecular weight excluding hydrogens is 224 g/mol.